The number of nitrogens with two attached hydrogens (primary N) is 1. The lowest BCUT2D eigenvalue weighted by atomic mass is 10.0. The number of hydrogen-bond acceptors (Lipinski definition) is 3. The molecule has 0 aliphatic rings. The van der Waals surface area contributed by atoms with E-state index in [2.05, 4.69) is 29.4 Å². The van der Waals surface area contributed by atoms with Gasteiger partial charge in [0.1, 0.15) is 0 Å². The molecular formula is C13H24N4O. The van der Waals surface area contributed by atoms with Crippen LogP contribution in [-0.4, -0.2) is 22.1 Å². The number of nitrogen functional groups attached to an aromatic ring is 1. The highest BCUT2D eigenvalue weighted by Gasteiger charge is 2.16. The van der Waals surface area contributed by atoms with Gasteiger partial charge in [0.05, 0.1) is 11.4 Å². The number of hydrogen-bond donors (Lipinski definition) is 3. The molecule has 1 atom stereocenters. The predicted octanol–water partition coefficient (Wildman–Crippen LogP) is 2.24. The molecule has 0 aliphatic heterocycles. The normalized spacial score (nSPS) is 12.7. The Morgan fingerprint density at radius 1 is 1.39 bits per heavy atom. The van der Waals surface area contributed by atoms with E-state index in [9.17, 15) is 4.79 Å². The molecule has 0 bridgehead atoms. The van der Waals surface area contributed by atoms with Crippen LogP contribution in [0.5, 0.6) is 0 Å². The Balaban J connectivity index is 2.42. The van der Waals surface area contributed by atoms with Gasteiger partial charge >= 0.3 is 0 Å². The minimum Gasteiger partial charge on any atom is -0.395 e. The lowest BCUT2D eigenvalue weighted by Gasteiger charge is -2.13. The SMILES string of the molecule is Cc1[nH]nc(C(=O)NC(C)CCCC(C)C)c1N. The molecule has 0 aromatic carbocycles. The maximum absolute atomic E-state index is 11.9. The molecule has 1 rings (SSSR count). The molecule has 1 heterocycles. The molecule has 18 heavy (non-hydrogen) atoms. The van der Waals surface area contributed by atoms with Crippen molar-refractivity contribution in [3.63, 3.8) is 0 Å². The highest BCUT2D eigenvalue weighted by Crippen LogP contribution is 2.13. The van der Waals surface area contributed by atoms with Crippen LogP contribution in [0.1, 0.15) is 56.2 Å². The molecule has 5 nitrogen and oxygen atoms in total. The van der Waals surface area contributed by atoms with Gasteiger partial charge in [-0.15, -0.1) is 0 Å². The van der Waals surface area contributed by atoms with Crippen LogP contribution >= 0.6 is 0 Å². The monoisotopic (exact) mass is 252 g/mol. The Labute approximate surface area is 109 Å². The van der Waals surface area contributed by atoms with Crippen LogP contribution in [0.3, 0.4) is 0 Å². The van der Waals surface area contributed by atoms with Crippen LogP contribution in [0, 0.1) is 12.8 Å². The zero-order valence-corrected chi connectivity index (χ0v) is 11.7. The number of rotatable bonds is 6. The average Bonchev–Trinajstić information content (AvgIpc) is 2.59. The summed E-state index contributed by atoms with van der Waals surface area (Å²) < 4.78 is 0. The Hall–Kier alpha value is -1.52. The maximum atomic E-state index is 11.9. The maximum Gasteiger partial charge on any atom is 0.274 e. The number of amides is 1. The van der Waals surface area contributed by atoms with Crippen molar-refractivity contribution in [2.24, 2.45) is 5.92 Å². The van der Waals surface area contributed by atoms with Gasteiger partial charge in [0.15, 0.2) is 5.69 Å². The van der Waals surface area contributed by atoms with E-state index >= 15 is 0 Å². The summed E-state index contributed by atoms with van der Waals surface area (Å²) in [4.78, 5) is 11.9. The van der Waals surface area contributed by atoms with E-state index in [0.717, 1.165) is 18.5 Å². The highest BCUT2D eigenvalue weighted by atomic mass is 16.2. The van der Waals surface area contributed by atoms with Gasteiger partial charge in [-0.3, -0.25) is 9.89 Å². The summed E-state index contributed by atoms with van der Waals surface area (Å²) in [6, 6.07) is 0.146. The quantitative estimate of drug-likeness (QED) is 0.726. The Morgan fingerprint density at radius 3 is 2.56 bits per heavy atom. The smallest absolute Gasteiger partial charge is 0.274 e. The van der Waals surface area contributed by atoms with Crippen LogP contribution < -0.4 is 11.1 Å². The molecule has 1 aromatic heterocycles. The molecule has 102 valence electrons. The van der Waals surface area contributed by atoms with Gasteiger partial charge in [0.25, 0.3) is 5.91 Å². The van der Waals surface area contributed by atoms with Gasteiger partial charge in [-0.2, -0.15) is 5.10 Å². The van der Waals surface area contributed by atoms with Gasteiger partial charge in [-0.25, -0.2) is 0 Å². The van der Waals surface area contributed by atoms with Gasteiger partial charge in [-0.1, -0.05) is 26.7 Å². The molecule has 0 fully saturated rings. The number of carbonyl (C=O) groups is 1. The number of H-pyrrole nitrogens is 1. The molecule has 0 saturated carbocycles. The summed E-state index contributed by atoms with van der Waals surface area (Å²) in [5.41, 5.74) is 7.22. The molecule has 5 heteroatoms. The fourth-order valence-corrected chi connectivity index (χ4v) is 1.81. The van der Waals surface area contributed by atoms with Gasteiger partial charge in [0, 0.05) is 6.04 Å². The average molecular weight is 252 g/mol. The zero-order valence-electron chi connectivity index (χ0n) is 11.7. The van der Waals surface area contributed by atoms with Crippen LogP contribution in [-0.2, 0) is 0 Å². The van der Waals surface area contributed by atoms with Crippen LogP contribution in [0.4, 0.5) is 5.69 Å². The second-order valence-corrected chi connectivity index (χ2v) is 5.31. The molecule has 0 saturated heterocycles. The first-order valence-corrected chi connectivity index (χ1v) is 6.53. The number of aromatic nitrogens is 2. The number of aryl methyl sites for hydroxylation is 1. The van der Waals surface area contributed by atoms with E-state index in [1.54, 1.807) is 6.92 Å². The third kappa shape index (κ3) is 4.05. The number of carbonyl (C=O) groups excluding carboxylic acids is 1. The molecular weight excluding hydrogens is 228 g/mol. The van der Waals surface area contributed by atoms with E-state index in [0.29, 0.717) is 17.3 Å². The summed E-state index contributed by atoms with van der Waals surface area (Å²) in [7, 11) is 0. The molecule has 0 radical (unpaired) electrons. The number of aromatic amines is 1. The highest BCUT2D eigenvalue weighted by molar-refractivity contribution is 5.97. The van der Waals surface area contributed by atoms with Gasteiger partial charge in [0.2, 0.25) is 0 Å². The molecule has 0 aliphatic carbocycles. The fraction of sp³-hybridized carbons (Fsp3) is 0.692. The molecule has 1 aromatic rings. The third-order valence-corrected chi connectivity index (χ3v) is 3.01. The van der Waals surface area contributed by atoms with Crippen molar-refractivity contribution < 1.29 is 4.79 Å². The molecule has 1 amide bonds. The van der Waals surface area contributed by atoms with Crippen molar-refractivity contribution in [2.75, 3.05) is 5.73 Å². The first kappa shape index (κ1) is 14.5. The molecule has 0 spiro atoms. The summed E-state index contributed by atoms with van der Waals surface area (Å²) in [5.74, 6) is 0.506. The number of anilines is 1. The van der Waals surface area contributed by atoms with Crippen LogP contribution in [0.25, 0.3) is 0 Å². The van der Waals surface area contributed by atoms with Crippen molar-refractivity contribution in [1.29, 1.82) is 0 Å². The Bertz CT molecular complexity index is 398. The van der Waals surface area contributed by atoms with E-state index in [-0.39, 0.29) is 11.9 Å². The van der Waals surface area contributed by atoms with E-state index in [4.69, 9.17) is 5.73 Å². The number of nitrogens with one attached hydrogen (secondary N) is 2. The zero-order chi connectivity index (χ0) is 13.7. The van der Waals surface area contributed by atoms with Crippen molar-refractivity contribution in [1.82, 2.24) is 15.5 Å². The predicted molar refractivity (Wildman–Crippen MR) is 73.4 cm³/mol. The van der Waals surface area contributed by atoms with Crippen molar-refractivity contribution in [3.05, 3.63) is 11.4 Å². The van der Waals surface area contributed by atoms with E-state index in [1.165, 1.54) is 6.42 Å². The minimum absolute atomic E-state index is 0.146. The van der Waals surface area contributed by atoms with E-state index < -0.39 is 0 Å². The molecule has 1 unspecified atom stereocenters. The Kier molecular flexibility index (Phi) is 5.19. The fourth-order valence-electron chi connectivity index (χ4n) is 1.81. The van der Waals surface area contributed by atoms with Gasteiger partial charge in [-0.05, 0) is 26.2 Å². The second kappa shape index (κ2) is 6.42. The summed E-state index contributed by atoms with van der Waals surface area (Å²) in [6.45, 7) is 8.21. The van der Waals surface area contributed by atoms with Crippen LogP contribution in [0.2, 0.25) is 0 Å². The standard InChI is InChI=1S/C13H24N4O/c1-8(2)6-5-7-9(3)15-13(18)12-11(14)10(4)16-17-12/h8-9H,5-7,14H2,1-4H3,(H,15,18)(H,16,17). The largest absolute Gasteiger partial charge is 0.395 e. The van der Waals surface area contributed by atoms with Crippen molar-refractivity contribution >= 4 is 11.6 Å². The minimum atomic E-state index is -0.200. The summed E-state index contributed by atoms with van der Waals surface area (Å²) >= 11 is 0. The second-order valence-electron chi connectivity index (χ2n) is 5.31. The molecule has 4 N–H and O–H groups in total. The topological polar surface area (TPSA) is 83.8 Å². The lowest BCUT2D eigenvalue weighted by Crippen LogP contribution is -2.33. The first-order valence-electron chi connectivity index (χ1n) is 6.53. The lowest BCUT2D eigenvalue weighted by molar-refractivity contribution is 0.0933. The third-order valence-electron chi connectivity index (χ3n) is 3.01. The van der Waals surface area contributed by atoms with E-state index in [1.807, 2.05) is 6.92 Å². The Morgan fingerprint density at radius 2 is 2.06 bits per heavy atom. The van der Waals surface area contributed by atoms with Crippen LogP contribution in [0.15, 0.2) is 0 Å². The number of nitrogens with zero attached hydrogens (tertiary/aromatic N) is 1. The summed E-state index contributed by atoms with van der Waals surface area (Å²) in [5, 5.41) is 9.55. The van der Waals surface area contributed by atoms with Crippen molar-refractivity contribution in [2.45, 2.75) is 53.0 Å². The van der Waals surface area contributed by atoms with Crippen molar-refractivity contribution in [3.8, 4) is 0 Å². The van der Waals surface area contributed by atoms with Gasteiger partial charge < -0.3 is 11.1 Å². The summed E-state index contributed by atoms with van der Waals surface area (Å²) in [6.07, 6.45) is 3.28. The first-order chi connectivity index (χ1) is 8.41.